The SMILES string of the molecule is Cc1ccc(CC(C)C(=O)N2CCCC(C)(C(=O)O)C2)cc1. The van der Waals surface area contributed by atoms with Crippen LogP contribution in [-0.2, 0) is 16.0 Å². The number of aliphatic carboxylic acids is 1. The van der Waals surface area contributed by atoms with Crippen LogP contribution < -0.4 is 0 Å². The fraction of sp³-hybridized carbons (Fsp3) is 0.556. The molecule has 4 heteroatoms. The first-order valence-electron chi connectivity index (χ1n) is 7.89. The van der Waals surface area contributed by atoms with E-state index in [-0.39, 0.29) is 11.8 Å². The predicted octanol–water partition coefficient (Wildman–Crippen LogP) is 2.89. The van der Waals surface area contributed by atoms with Gasteiger partial charge in [0.1, 0.15) is 0 Å². The topological polar surface area (TPSA) is 57.6 Å². The number of likely N-dealkylation sites (tertiary alicyclic amines) is 1. The summed E-state index contributed by atoms with van der Waals surface area (Å²) in [5.74, 6) is -0.872. The first-order valence-corrected chi connectivity index (χ1v) is 7.89. The Morgan fingerprint density at radius 2 is 1.95 bits per heavy atom. The predicted molar refractivity (Wildman–Crippen MR) is 85.6 cm³/mol. The zero-order chi connectivity index (χ0) is 16.3. The average Bonchev–Trinajstić information content (AvgIpc) is 2.48. The van der Waals surface area contributed by atoms with Crippen molar-refractivity contribution in [2.45, 2.75) is 40.0 Å². The lowest BCUT2D eigenvalue weighted by molar-refractivity contribution is -0.154. The van der Waals surface area contributed by atoms with E-state index in [2.05, 4.69) is 24.3 Å². The van der Waals surface area contributed by atoms with Gasteiger partial charge in [0, 0.05) is 19.0 Å². The van der Waals surface area contributed by atoms with Crippen LogP contribution in [0, 0.1) is 18.3 Å². The van der Waals surface area contributed by atoms with Crippen molar-refractivity contribution in [3.05, 3.63) is 35.4 Å². The summed E-state index contributed by atoms with van der Waals surface area (Å²) in [6, 6.07) is 8.21. The van der Waals surface area contributed by atoms with Crippen molar-refractivity contribution >= 4 is 11.9 Å². The molecule has 1 amide bonds. The van der Waals surface area contributed by atoms with Crippen molar-refractivity contribution in [1.82, 2.24) is 4.90 Å². The van der Waals surface area contributed by atoms with E-state index >= 15 is 0 Å². The molecule has 0 radical (unpaired) electrons. The number of benzene rings is 1. The van der Waals surface area contributed by atoms with E-state index in [9.17, 15) is 14.7 Å². The van der Waals surface area contributed by atoms with Gasteiger partial charge in [-0.15, -0.1) is 0 Å². The Labute approximate surface area is 132 Å². The molecule has 1 aliphatic rings. The highest BCUT2D eigenvalue weighted by atomic mass is 16.4. The molecule has 1 saturated heterocycles. The minimum atomic E-state index is -0.809. The summed E-state index contributed by atoms with van der Waals surface area (Å²) in [4.78, 5) is 25.7. The number of hydrogen-bond donors (Lipinski definition) is 1. The first kappa shape index (κ1) is 16.5. The molecule has 4 nitrogen and oxygen atoms in total. The second-order valence-electron chi connectivity index (χ2n) is 6.82. The summed E-state index contributed by atoms with van der Waals surface area (Å²) in [5, 5.41) is 9.36. The van der Waals surface area contributed by atoms with Gasteiger partial charge in [-0.25, -0.2) is 0 Å². The molecule has 0 bridgehead atoms. The quantitative estimate of drug-likeness (QED) is 0.930. The van der Waals surface area contributed by atoms with Gasteiger partial charge in [-0.2, -0.15) is 0 Å². The van der Waals surface area contributed by atoms with Crippen molar-refractivity contribution < 1.29 is 14.7 Å². The van der Waals surface area contributed by atoms with Gasteiger partial charge in [0.25, 0.3) is 0 Å². The van der Waals surface area contributed by atoms with Gasteiger partial charge in [-0.1, -0.05) is 36.8 Å². The average molecular weight is 303 g/mol. The van der Waals surface area contributed by atoms with Crippen LogP contribution in [0.1, 0.15) is 37.8 Å². The standard InChI is InChI=1S/C18H25NO3/c1-13-5-7-15(8-6-13)11-14(2)16(20)19-10-4-9-18(3,12-19)17(21)22/h5-8,14H,4,9-12H2,1-3H3,(H,21,22). The molecule has 1 N–H and O–H groups in total. The summed E-state index contributed by atoms with van der Waals surface area (Å²) in [7, 11) is 0. The third-order valence-corrected chi connectivity index (χ3v) is 4.61. The molecule has 1 aromatic carbocycles. The lowest BCUT2D eigenvalue weighted by atomic mass is 9.81. The third kappa shape index (κ3) is 3.67. The minimum absolute atomic E-state index is 0.0627. The van der Waals surface area contributed by atoms with Crippen LogP contribution in [0.25, 0.3) is 0 Å². The number of hydrogen-bond acceptors (Lipinski definition) is 2. The van der Waals surface area contributed by atoms with Gasteiger partial charge in [-0.3, -0.25) is 9.59 Å². The third-order valence-electron chi connectivity index (χ3n) is 4.61. The second-order valence-corrected chi connectivity index (χ2v) is 6.82. The maximum Gasteiger partial charge on any atom is 0.311 e. The molecule has 0 saturated carbocycles. The van der Waals surface area contributed by atoms with E-state index in [0.29, 0.717) is 25.9 Å². The largest absolute Gasteiger partial charge is 0.481 e. The molecule has 120 valence electrons. The maximum atomic E-state index is 12.6. The molecular weight excluding hydrogens is 278 g/mol. The lowest BCUT2D eigenvalue weighted by Gasteiger charge is -2.38. The van der Waals surface area contributed by atoms with E-state index in [1.165, 1.54) is 5.56 Å². The zero-order valence-electron chi connectivity index (χ0n) is 13.6. The molecule has 2 rings (SSSR count). The van der Waals surface area contributed by atoms with Gasteiger partial charge in [-0.05, 0) is 38.7 Å². The minimum Gasteiger partial charge on any atom is -0.481 e. The van der Waals surface area contributed by atoms with E-state index in [4.69, 9.17) is 0 Å². The van der Waals surface area contributed by atoms with E-state index in [1.807, 2.05) is 13.8 Å². The lowest BCUT2D eigenvalue weighted by Crippen LogP contribution is -2.50. The monoisotopic (exact) mass is 303 g/mol. The smallest absolute Gasteiger partial charge is 0.311 e. The Morgan fingerprint density at radius 3 is 2.55 bits per heavy atom. The van der Waals surface area contributed by atoms with Crippen molar-refractivity contribution in [3.63, 3.8) is 0 Å². The molecule has 2 atom stereocenters. The Balaban J connectivity index is 2.01. The second kappa shape index (κ2) is 6.51. The molecule has 1 aliphatic heterocycles. The van der Waals surface area contributed by atoms with Gasteiger partial charge in [0.15, 0.2) is 0 Å². The van der Waals surface area contributed by atoms with Crippen LogP contribution in [0.15, 0.2) is 24.3 Å². The number of carbonyl (C=O) groups is 2. The fourth-order valence-electron chi connectivity index (χ4n) is 3.08. The van der Waals surface area contributed by atoms with Crippen molar-refractivity contribution in [1.29, 1.82) is 0 Å². The summed E-state index contributed by atoms with van der Waals surface area (Å²) in [6.45, 7) is 6.69. The van der Waals surface area contributed by atoms with Crippen molar-refractivity contribution in [3.8, 4) is 0 Å². The Kier molecular flexibility index (Phi) is 4.89. The summed E-state index contributed by atoms with van der Waals surface area (Å²) >= 11 is 0. The van der Waals surface area contributed by atoms with Crippen LogP contribution in [0.3, 0.4) is 0 Å². The first-order chi connectivity index (χ1) is 10.3. The fourth-order valence-corrected chi connectivity index (χ4v) is 3.08. The summed E-state index contributed by atoms with van der Waals surface area (Å²) in [6.07, 6.45) is 2.09. The van der Waals surface area contributed by atoms with Crippen molar-refractivity contribution in [2.24, 2.45) is 11.3 Å². The molecule has 2 unspecified atom stereocenters. The van der Waals surface area contributed by atoms with Gasteiger partial charge in [0.2, 0.25) is 5.91 Å². The molecule has 1 aromatic rings. The van der Waals surface area contributed by atoms with Crippen LogP contribution in [0.5, 0.6) is 0 Å². The summed E-state index contributed by atoms with van der Waals surface area (Å²) < 4.78 is 0. The number of carboxylic acids is 1. The number of carbonyl (C=O) groups excluding carboxylic acids is 1. The van der Waals surface area contributed by atoms with E-state index in [1.54, 1.807) is 11.8 Å². The molecule has 0 aromatic heterocycles. The maximum absolute atomic E-state index is 12.6. The summed E-state index contributed by atoms with van der Waals surface area (Å²) in [5.41, 5.74) is 1.54. The molecule has 0 aliphatic carbocycles. The Hall–Kier alpha value is -1.84. The van der Waals surface area contributed by atoms with Crippen LogP contribution >= 0.6 is 0 Å². The number of nitrogens with zero attached hydrogens (tertiary/aromatic N) is 1. The van der Waals surface area contributed by atoms with E-state index < -0.39 is 11.4 Å². The molecule has 0 spiro atoms. The van der Waals surface area contributed by atoms with Gasteiger partial charge < -0.3 is 10.0 Å². The van der Waals surface area contributed by atoms with Crippen LogP contribution in [0.2, 0.25) is 0 Å². The number of piperidine rings is 1. The molecular formula is C18H25NO3. The number of amides is 1. The number of aryl methyl sites for hydroxylation is 1. The zero-order valence-corrected chi connectivity index (χ0v) is 13.6. The van der Waals surface area contributed by atoms with E-state index in [0.717, 1.165) is 12.0 Å². The van der Waals surface area contributed by atoms with Gasteiger partial charge >= 0.3 is 5.97 Å². The molecule has 22 heavy (non-hydrogen) atoms. The van der Waals surface area contributed by atoms with Gasteiger partial charge in [0.05, 0.1) is 5.41 Å². The normalized spacial score (nSPS) is 23.1. The Bertz CT molecular complexity index is 552. The molecule has 1 fully saturated rings. The highest BCUT2D eigenvalue weighted by molar-refractivity contribution is 5.81. The number of rotatable bonds is 4. The van der Waals surface area contributed by atoms with Crippen LogP contribution in [0.4, 0.5) is 0 Å². The van der Waals surface area contributed by atoms with Crippen LogP contribution in [-0.4, -0.2) is 35.0 Å². The Morgan fingerprint density at radius 1 is 1.32 bits per heavy atom. The molecule has 1 heterocycles. The highest BCUT2D eigenvalue weighted by Crippen LogP contribution is 2.30. The van der Waals surface area contributed by atoms with Crippen molar-refractivity contribution in [2.75, 3.05) is 13.1 Å². The number of carboxylic acid groups (broad SMARTS) is 1. The highest BCUT2D eigenvalue weighted by Gasteiger charge is 2.40.